The third-order valence-electron chi connectivity index (χ3n) is 1.65. The van der Waals surface area contributed by atoms with Gasteiger partial charge in [0.2, 0.25) is 0 Å². The molecule has 0 aliphatic heterocycles. The average Bonchev–Trinajstić information content (AvgIpc) is 1.96. The zero-order valence-electron chi connectivity index (χ0n) is 11.1. The first-order valence-corrected chi connectivity index (χ1v) is 9.06. The fraction of sp³-hybridized carbons (Fsp3) is 0.571. The summed E-state index contributed by atoms with van der Waals surface area (Å²) >= 11 is 1.16. The first-order chi connectivity index (χ1) is 7.16. The van der Waals surface area contributed by atoms with Crippen molar-refractivity contribution in [1.82, 2.24) is 0 Å². The second kappa shape index (κ2) is 5.27. The molecule has 0 heterocycles. The molecular formula is C14H22Se2. The molecule has 0 saturated heterocycles. The van der Waals surface area contributed by atoms with Gasteiger partial charge in [0.25, 0.3) is 0 Å². The van der Waals surface area contributed by atoms with E-state index in [9.17, 15) is 0 Å². The van der Waals surface area contributed by atoms with E-state index >= 15 is 0 Å². The van der Waals surface area contributed by atoms with E-state index in [2.05, 4.69) is 65.8 Å². The van der Waals surface area contributed by atoms with Crippen molar-refractivity contribution in [3.63, 3.8) is 0 Å². The molecule has 0 bridgehead atoms. The Morgan fingerprint density at radius 1 is 0.750 bits per heavy atom. The fourth-order valence-electron chi connectivity index (χ4n) is 1.31. The molecule has 90 valence electrons. The minimum absolute atomic E-state index is 0.445. The van der Waals surface area contributed by atoms with Crippen molar-refractivity contribution in [2.24, 2.45) is 0 Å². The van der Waals surface area contributed by atoms with Crippen LogP contribution >= 0.6 is 0 Å². The van der Waals surface area contributed by atoms with E-state index in [1.54, 1.807) is 8.92 Å². The second-order valence-corrected chi connectivity index (χ2v) is 13.9. The first-order valence-electron chi connectivity index (χ1n) is 5.64. The van der Waals surface area contributed by atoms with Crippen molar-refractivity contribution in [3.8, 4) is 0 Å². The number of hydrogen-bond donors (Lipinski definition) is 0. The summed E-state index contributed by atoms with van der Waals surface area (Å²) in [6.07, 6.45) is 0. The van der Waals surface area contributed by atoms with E-state index in [1.807, 2.05) is 0 Å². The van der Waals surface area contributed by atoms with Crippen molar-refractivity contribution in [2.75, 3.05) is 0 Å². The first kappa shape index (κ1) is 14.3. The minimum atomic E-state index is 0.445. The molecule has 0 aliphatic rings. The number of hydrogen-bond acceptors (Lipinski definition) is 0. The third kappa shape index (κ3) is 6.11. The van der Waals surface area contributed by atoms with Gasteiger partial charge in [0, 0.05) is 0 Å². The molecule has 1 aromatic rings. The Hall–Kier alpha value is 0.259. The van der Waals surface area contributed by atoms with Crippen LogP contribution in [0.3, 0.4) is 0 Å². The molecule has 0 radical (unpaired) electrons. The van der Waals surface area contributed by atoms with Crippen LogP contribution in [-0.2, 0) is 0 Å². The zero-order valence-corrected chi connectivity index (χ0v) is 14.6. The van der Waals surface area contributed by atoms with Crippen molar-refractivity contribution >= 4 is 38.8 Å². The molecule has 0 nitrogen and oxygen atoms in total. The van der Waals surface area contributed by atoms with Gasteiger partial charge in [0.15, 0.2) is 0 Å². The van der Waals surface area contributed by atoms with Gasteiger partial charge in [0.1, 0.15) is 0 Å². The average molecular weight is 348 g/mol. The van der Waals surface area contributed by atoms with Gasteiger partial charge in [0.05, 0.1) is 0 Å². The number of rotatable bonds is 2. The summed E-state index contributed by atoms with van der Waals surface area (Å²) in [6, 6.07) is 9.23. The molecule has 0 saturated carbocycles. The van der Waals surface area contributed by atoms with E-state index in [1.165, 1.54) is 0 Å². The molecule has 0 N–H and O–H groups in total. The Morgan fingerprint density at radius 3 is 1.44 bits per heavy atom. The van der Waals surface area contributed by atoms with Gasteiger partial charge in [-0.2, -0.15) is 0 Å². The molecule has 0 spiro atoms. The van der Waals surface area contributed by atoms with E-state index < -0.39 is 0 Å². The molecule has 16 heavy (non-hydrogen) atoms. The topological polar surface area (TPSA) is 0 Å². The molecule has 0 fully saturated rings. The zero-order chi connectivity index (χ0) is 12.4. The predicted octanol–water partition coefficient (Wildman–Crippen LogP) is 2.78. The molecule has 0 atom stereocenters. The van der Waals surface area contributed by atoms with Crippen LogP contribution in [-0.4, -0.2) is 29.9 Å². The molecule has 2 heteroatoms. The Labute approximate surface area is 113 Å². The van der Waals surface area contributed by atoms with Gasteiger partial charge in [-0.05, 0) is 0 Å². The summed E-state index contributed by atoms with van der Waals surface area (Å²) in [7, 11) is 0. The predicted molar refractivity (Wildman–Crippen MR) is 76.6 cm³/mol. The van der Waals surface area contributed by atoms with Crippen LogP contribution in [0.4, 0.5) is 0 Å². The van der Waals surface area contributed by atoms with Gasteiger partial charge in [-0.15, -0.1) is 0 Å². The van der Waals surface area contributed by atoms with E-state index in [4.69, 9.17) is 0 Å². The van der Waals surface area contributed by atoms with Gasteiger partial charge in [-0.1, -0.05) is 0 Å². The van der Waals surface area contributed by atoms with Crippen LogP contribution in [0, 0.1) is 0 Å². The van der Waals surface area contributed by atoms with E-state index in [0.29, 0.717) is 38.5 Å². The summed E-state index contributed by atoms with van der Waals surface area (Å²) in [5.41, 5.74) is 0. The van der Waals surface area contributed by atoms with Crippen LogP contribution < -0.4 is 8.92 Å². The molecule has 0 aromatic heterocycles. The SMILES string of the molecule is CC(C)(C)[Se]c1cccc([Se]C(C)(C)C)c1. The summed E-state index contributed by atoms with van der Waals surface area (Å²) in [5, 5.41) is 0. The maximum atomic E-state index is 2.43. The number of benzene rings is 1. The maximum absolute atomic E-state index is 2.43. The summed E-state index contributed by atoms with van der Waals surface area (Å²) in [5.74, 6) is 0. The molecular weight excluding hydrogens is 326 g/mol. The van der Waals surface area contributed by atoms with Crippen LogP contribution in [0.5, 0.6) is 0 Å². The van der Waals surface area contributed by atoms with Crippen molar-refractivity contribution in [1.29, 1.82) is 0 Å². The van der Waals surface area contributed by atoms with E-state index in [0.717, 1.165) is 0 Å². The van der Waals surface area contributed by atoms with Crippen molar-refractivity contribution in [3.05, 3.63) is 24.3 Å². The molecule has 1 rings (SSSR count). The Bertz CT molecular complexity index is 311. The monoisotopic (exact) mass is 350 g/mol. The quantitative estimate of drug-likeness (QED) is 0.721. The van der Waals surface area contributed by atoms with Crippen molar-refractivity contribution in [2.45, 2.75) is 50.2 Å². The van der Waals surface area contributed by atoms with Crippen LogP contribution in [0.2, 0.25) is 8.63 Å². The fourth-order valence-corrected chi connectivity index (χ4v) is 6.05. The van der Waals surface area contributed by atoms with Gasteiger partial charge < -0.3 is 0 Å². The van der Waals surface area contributed by atoms with Crippen LogP contribution in [0.25, 0.3) is 0 Å². The van der Waals surface area contributed by atoms with Gasteiger partial charge in [-0.3, -0.25) is 0 Å². The van der Waals surface area contributed by atoms with Crippen LogP contribution in [0.15, 0.2) is 24.3 Å². The molecule has 0 unspecified atom stereocenters. The second-order valence-electron chi connectivity index (χ2n) is 5.90. The Morgan fingerprint density at radius 2 is 1.12 bits per heavy atom. The standard InChI is InChI=1S/C14H22Se2/c1-13(2,3)15-11-8-7-9-12(10-11)16-14(4,5)6/h7-10H,1-6H3. The van der Waals surface area contributed by atoms with E-state index in [-0.39, 0.29) is 0 Å². The summed E-state index contributed by atoms with van der Waals surface area (Å²) in [4.78, 5) is 0. The van der Waals surface area contributed by atoms with Crippen LogP contribution in [0.1, 0.15) is 41.5 Å². The Kier molecular flexibility index (Phi) is 4.72. The van der Waals surface area contributed by atoms with Gasteiger partial charge in [-0.25, -0.2) is 0 Å². The molecule has 0 amide bonds. The molecule has 1 aromatic carbocycles. The normalized spacial score (nSPS) is 12.9. The van der Waals surface area contributed by atoms with Crippen molar-refractivity contribution < 1.29 is 0 Å². The Balaban J connectivity index is 2.79. The van der Waals surface area contributed by atoms with Gasteiger partial charge >= 0.3 is 113 Å². The summed E-state index contributed by atoms with van der Waals surface area (Å²) < 4.78 is 3.98. The third-order valence-corrected chi connectivity index (χ3v) is 6.28. The summed E-state index contributed by atoms with van der Waals surface area (Å²) in [6.45, 7) is 14.0. The molecule has 0 aliphatic carbocycles.